The van der Waals surface area contributed by atoms with E-state index in [0.717, 1.165) is 12.8 Å². The molecule has 6 nitrogen and oxygen atoms in total. The predicted octanol–water partition coefficient (Wildman–Crippen LogP) is 1.93. The van der Waals surface area contributed by atoms with Crippen LogP contribution in [0.1, 0.15) is 71.1 Å². The van der Waals surface area contributed by atoms with Crippen molar-refractivity contribution in [1.29, 1.82) is 0 Å². The summed E-state index contributed by atoms with van der Waals surface area (Å²) in [6, 6.07) is 0. The van der Waals surface area contributed by atoms with Crippen molar-refractivity contribution in [3.05, 3.63) is 0 Å². The first-order valence-corrected chi connectivity index (χ1v) is 9.40. The van der Waals surface area contributed by atoms with Gasteiger partial charge in [0.1, 0.15) is 12.2 Å². The van der Waals surface area contributed by atoms with Gasteiger partial charge in [-0.15, -0.1) is 0 Å². The van der Waals surface area contributed by atoms with Crippen LogP contribution in [0.25, 0.3) is 0 Å². The molecule has 0 saturated carbocycles. The van der Waals surface area contributed by atoms with Gasteiger partial charge in [-0.3, -0.25) is 0 Å². The van der Waals surface area contributed by atoms with Crippen LogP contribution in [0.3, 0.4) is 0 Å². The molecule has 1 rings (SSSR count). The first-order chi connectivity index (χ1) is 11.6. The zero-order chi connectivity index (χ0) is 17.8. The van der Waals surface area contributed by atoms with E-state index in [4.69, 9.17) is 14.6 Å². The van der Waals surface area contributed by atoms with Crippen molar-refractivity contribution in [2.75, 3.05) is 13.2 Å². The third-order valence-corrected chi connectivity index (χ3v) is 4.50. The van der Waals surface area contributed by atoms with Gasteiger partial charge in [0.15, 0.2) is 12.2 Å². The number of ether oxygens (including phenoxy) is 2. The minimum atomic E-state index is -1.33. The number of aliphatic hydroxyl groups is 3. The third kappa shape index (κ3) is 7.47. The number of carbonyl (C=O) groups is 1. The molecule has 0 radical (unpaired) electrons. The highest BCUT2D eigenvalue weighted by molar-refractivity contribution is 5.81. The number of hydrogen-bond acceptors (Lipinski definition) is 6. The fourth-order valence-electron chi connectivity index (χ4n) is 2.86. The maximum absolute atomic E-state index is 11.4. The molecule has 4 atom stereocenters. The Kier molecular flexibility index (Phi) is 11.2. The first kappa shape index (κ1) is 21.4. The summed E-state index contributed by atoms with van der Waals surface area (Å²) in [5.41, 5.74) is 0. The Labute approximate surface area is 145 Å². The first-order valence-electron chi connectivity index (χ1n) is 9.40. The predicted molar refractivity (Wildman–Crippen MR) is 90.6 cm³/mol. The molecule has 0 aliphatic carbocycles. The lowest BCUT2D eigenvalue weighted by atomic mass is 9.99. The zero-order valence-corrected chi connectivity index (χ0v) is 14.9. The minimum Gasteiger partial charge on any atom is -0.454 e. The Bertz CT molecular complexity index is 335. The number of esters is 1. The van der Waals surface area contributed by atoms with Crippen LogP contribution in [0.5, 0.6) is 0 Å². The molecule has 1 aliphatic heterocycles. The molecule has 1 saturated heterocycles. The topological polar surface area (TPSA) is 96.2 Å². The lowest BCUT2D eigenvalue weighted by molar-refractivity contribution is -0.230. The molecule has 1 heterocycles. The highest BCUT2D eigenvalue weighted by Gasteiger charge is 2.49. The Balaban J connectivity index is 1.99. The van der Waals surface area contributed by atoms with Gasteiger partial charge in [0.05, 0.1) is 6.61 Å². The number of hydrogen-bond donors (Lipinski definition) is 3. The van der Waals surface area contributed by atoms with E-state index in [9.17, 15) is 15.0 Å². The van der Waals surface area contributed by atoms with Gasteiger partial charge in [-0.25, -0.2) is 4.79 Å². The largest absolute Gasteiger partial charge is 0.454 e. The normalized spacial score (nSPS) is 22.8. The molecule has 1 fully saturated rings. The van der Waals surface area contributed by atoms with Crippen LogP contribution in [0.2, 0.25) is 0 Å². The van der Waals surface area contributed by atoms with Crippen molar-refractivity contribution in [3.63, 3.8) is 0 Å². The molecule has 142 valence electrons. The van der Waals surface area contributed by atoms with Crippen LogP contribution in [-0.4, -0.2) is 58.9 Å². The summed E-state index contributed by atoms with van der Waals surface area (Å²) in [7, 11) is 0. The molecule has 0 aromatic carbocycles. The number of rotatable bonds is 15. The Morgan fingerprint density at radius 3 is 2.04 bits per heavy atom. The number of cyclic esters (lactones) is 1. The number of carbonyl (C=O) groups excluding carboxylic acids is 1. The second kappa shape index (κ2) is 12.6. The molecule has 1 aliphatic rings. The van der Waals surface area contributed by atoms with Crippen molar-refractivity contribution in [1.82, 2.24) is 0 Å². The van der Waals surface area contributed by atoms with E-state index in [0.29, 0.717) is 6.61 Å². The lowest BCUT2D eigenvalue weighted by Gasteiger charge is -2.38. The van der Waals surface area contributed by atoms with Crippen molar-refractivity contribution in [2.24, 2.45) is 0 Å². The van der Waals surface area contributed by atoms with Crippen molar-refractivity contribution >= 4 is 5.97 Å². The van der Waals surface area contributed by atoms with Gasteiger partial charge in [-0.2, -0.15) is 0 Å². The molecule has 4 unspecified atom stereocenters. The molecule has 0 amide bonds. The van der Waals surface area contributed by atoms with E-state index in [1.807, 2.05) is 0 Å². The Hall–Kier alpha value is -0.690. The quantitative estimate of drug-likeness (QED) is 0.310. The standard InChI is InChI=1S/C18H34O6/c1-2-3-4-5-6-7-8-9-10-11-12-23-17-16(24-18(17)22)15(21)14(20)13-19/h14-17,19-21H,2-13H2,1H3. The van der Waals surface area contributed by atoms with E-state index in [1.165, 1.54) is 51.4 Å². The molecular weight excluding hydrogens is 312 g/mol. The van der Waals surface area contributed by atoms with E-state index in [2.05, 4.69) is 6.92 Å². The summed E-state index contributed by atoms with van der Waals surface area (Å²) in [5.74, 6) is -0.517. The molecule has 6 heteroatoms. The van der Waals surface area contributed by atoms with Crippen molar-refractivity contribution < 1.29 is 29.6 Å². The monoisotopic (exact) mass is 346 g/mol. The Morgan fingerprint density at radius 2 is 1.54 bits per heavy atom. The van der Waals surface area contributed by atoms with Gasteiger partial charge >= 0.3 is 5.97 Å². The second-order valence-corrected chi connectivity index (χ2v) is 6.62. The summed E-state index contributed by atoms with van der Waals surface area (Å²) >= 11 is 0. The molecular formula is C18H34O6. The third-order valence-electron chi connectivity index (χ3n) is 4.50. The second-order valence-electron chi connectivity index (χ2n) is 6.62. The van der Waals surface area contributed by atoms with E-state index in [1.54, 1.807) is 0 Å². The van der Waals surface area contributed by atoms with Gasteiger partial charge in [0.2, 0.25) is 0 Å². The highest BCUT2D eigenvalue weighted by atomic mass is 16.6. The lowest BCUT2D eigenvalue weighted by Crippen LogP contribution is -2.60. The van der Waals surface area contributed by atoms with E-state index >= 15 is 0 Å². The summed E-state index contributed by atoms with van der Waals surface area (Å²) in [4.78, 5) is 11.4. The average molecular weight is 346 g/mol. The number of aliphatic hydroxyl groups excluding tert-OH is 3. The number of unbranched alkanes of at least 4 members (excludes halogenated alkanes) is 9. The SMILES string of the molecule is CCCCCCCCCCCCOC1C(=O)OC1C(O)C(O)CO. The van der Waals surface area contributed by atoms with Gasteiger partial charge < -0.3 is 24.8 Å². The summed E-state index contributed by atoms with van der Waals surface area (Å²) in [6.07, 6.45) is 7.88. The van der Waals surface area contributed by atoms with E-state index < -0.39 is 37.0 Å². The van der Waals surface area contributed by atoms with E-state index in [-0.39, 0.29) is 0 Å². The van der Waals surface area contributed by atoms with Crippen LogP contribution >= 0.6 is 0 Å². The van der Waals surface area contributed by atoms with Gasteiger partial charge in [-0.05, 0) is 6.42 Å². The summed E-state index contributed by atoms with van der Waals surface area (Å²) in [6.45, 7) is 2.08. The molecule has 0 bridgehead atoms. The molecule has 24 heavy (non-hydrogen) atoms. The molecule has 3 N–H and O–H groups in total. The van der Waals surface area contributed by atoms with Crippen LogP contribution in [-0.2, 0) is 14.3 Å². The summed E-state index contributed by atoms with van der Waals surface area (Å²) in [5, 5.41) is 27.9. The smallest absolute Gasteiger partial charge is 0.339 e. The van der Waals surface area contributed by atoms with Gasteiger partial charge in [0, 0.05) is 6.61 Å². The fourth-order valence-corrected chi connectivity index (χ4v) is 2.86. The van der Waals surface area contributed by atoms with Gasteiger partial charge in [-0.1, -0.05) is 64.7 Å². The highest BCUT2D eigenvalue weighted by Crippen LogP contribution is 2.24. The van der Waals surface area contributed by atoms with Crippen molar-refractivity contribution in [3.8, 4) is 0 Å². The van der Waals surface area contributed by atoms with Crippen LogP contribution < -0.4 is 0 Å². The maximum Gasteiger partial charge on any atom is 0.339 e. The summed E-state index contributed by atoms with van der Waals surface area (Å²) < 4.78 is 10.3. The van der Waals surface area contributed by atoms with Crippen LogP contribution in [0.15, 0.2) is 0 Å². The Morgan fingerprint density at radius 1 is 1.00 bits per heavy atom. The zero-order valence-electron chi connectivity index (χ0n) is 14.9. The molecule has 0 aromatic rings. The molecule has 0 aromatic heterocycles. The van der Waals surface area contributed by atoms with Crippen LogP contribution in [0, 0.1) is 0 Å². The minimum absolute atomic E-state index is 0.439. The van der Waals surface area contributed by atoms with Crippen LogP contribution in [0.4, 0.5) is 0 Å². The average Bonchev–Trinajstić information content (AvgIpc) is 2.59. The maximum atomic E-state index is 11.4. The van der Waals surface area contributed by atoms with Crippen molar-refractivity contribution in [2.45, 2.75) is 95.5 Å². The fraction of sp³-hybridized carbons (Fsp3) is 0.944. The molecule has 0 spiro atoms. The van der Waals surface area contributed by atoms with Gasteiger partial charge in [0.25, 0.3) is 0 Å².